The molecule has 164 valence electrons. The summed E-state index contributed by atoms with van der Waals surface area (Å²) in [5, 5.41) is 9.63. The minimum absolute atomic E-state index is 0.291. The lowest BCUT2D eigenvalue weighted by Gasteiger charge is -2.31. The summed E-state index contributed by atoms with van der Waals surface area (Å²) in [6.45, 7) is 4.93. The number of hydrogen-bond donors (Lipinski definition) is 1. The number of fused-ring (bicyclic) bond motifs is 1. The number of nitrogens with zero attached hydrogens (tertiary/aromatic N) is 2. The highest BCUT2D eigenvalue weighted by Gasteiger charge is 2.27. The second kappa shape index (κ2) is 8.75. The number of carboxylic acid groups (broad SMARTS) is 1. The molecule has 32 heavy (non-hydrogen) atoms. The van der Waals surface area contributed by atoms with Gasteiger partial charge in [0.05, 0.1) is 12.7 Å². The molecule has 0 aliphatic carbocycles. The van der Waals surface area contributed by atoms with E-state index in [0.29, 0.717) is 24.4 Å². The molecule has 0 amide bonds. The molecule has 0 fully saturated rings. The SMILES string of the molecule is COc1c(CN(Cc2ccccc2C(=O)O)c2ccncc2)ccc2c1OC(C)(C)C=C2. The molecule has 0 bridgehead atoms. The summed E-state index contributed by atoms with van der Waals surface area (Å²) in [4.78, 5) is 18.0. The maximum atomic E-state index is 11.7. The molecule has 0 saturated carbocycles. The Morgan fingerprint density at radius 1 is 1.06 bits per heavy atom. The van der Waals surface area contributed by atoms with Crippen molar-refractivity contribution in [1.82, 2.24) is 4.98 Å². The van der Waals surface area contributed by atoms with Crippen molar-refractivity contribution >= 4 is 17.7 Å². The highest BCUT2D eigenvalue weighted by molar-refractivity contribution is 5.89. The van der Waals surface area contributed by atoms with Crippen LogP contribution in [0.15, 0.2) is 67.0 Å². The highest BCUT2D eigenvalue weighted by atomic mass is 16.5. The van der Waals surface area contributed by atoms with E-state index in [4.69, 9.17) is 9.47 Å². The number of carbonyl (C=O) groups is 1. The molecular formula is C26H26N2O4. The molecule has 2 heterocycles. The number of aromatic nitrogens is 1. The summed E-state index contributed by atoms with van der Waals surface area (Å²) in [5.74, 6) is 0.465. The van der Waals surface area contributed by atoms with Gasteiger partial charge in [0.15, 0.2) is 11.5 Å². The zero-order valence-corrected chi connectivity index (χ0v) is 18.4. The van der Waals surface area contributed by atoms with E-state index in [0.717, 1.165) is 28.1 Å². The van der Waals surface area contributed by atoms with Gasteiger partial charge in [-0.2, -0.15) is 0 Å². The third kappa shape index (κ3) is 4.44. The zero-order chi connectivity index (χ0) is 22.7. The normalized spacial score (nSPS) is 13.7. The molecular weight excluding hydrogens is 404 g/mol. The van der Waals surface area contributed by atoms with E-state index in [-0.39, 0.29) is 0 Å². The van der Waals surface area contributed by atoms with Gasteiger partial charge in [0.25, 0.3) is 0 Å². The number of benzene rings is 2. The lowest BCUT2D eigenvalue weighted by molar-refractivity contribution is 0.0695. The lowest BCUT2D eigenvalue weighted by atomic mass is 9.99. The summed E-state index contributed by atoms with van der Waals surface area (Å²) < 4.78 is 12.0. The van der Waals surface area contributed by atoms with Crippen molar-refractivity contribution in [3.63, 3.8) is 0 Å². The van der Waals surface area contributed by atoms with E-state index >= 15 is 0 Å². The number of anilines is 1. The van der Waals surface area contributed by atoms with Gasteiger partial charge in [0.1, 0.15) is 5.60 Å². The Morgan fingerprint density at radius 3 is 2.50 bits per heavy atom. The molecule has 0 spiro atoms. The van der Waals surface area contributed by atoms with Gasteiger partial charge in [-0.1, -0.05) is 36.4 Å². The van der Waals surface area contributed by atoms with E-state index in [1.165, 1.54) is 0 Å². The van der Waals surface area contributed by atoms with E-state index in [2.05, 4.69) is 16.0 Å². The first-order valence-corrected chi connectivity index (χ1v) is 10.4. The second-order valence-electron chi connectivity index (χ2n) is 8.24. The first-order chi connectivity index (χ1) is 15.4. The number of hydrogen-bond acceptors (Lipinski definition) is 5. The van der Waals surface area contributed by atoms with Crippen LogP contribution in [-0.2, 0) is 13.1 Å². The summed E-state index contributed by atoms with van der Waals surface area (Å²) in [7, 11) is 1.64. The average Bonchev–Trinajstić information content (AvgIpc) is 2.78. The van der Waals surface area contributed by atoms with Crippen LogP contribution in [0, 0.1) is 0 Å². The third-order valence-corrected chi connectivity index (χ3v) is 5.46. The summed E-state index contributed by atoms with van der Waals surface area (Å²) >= 11 is 0. The Morgan fingerprint density at radius 2 is 1.78 bits per heavy atom. The van der Waals surface area contributed by atoms with Gasteiger partial charge >= 0.3 is 5.97 Å². The molecule has 6 nitrogen and oxygen atoms in total. The number of aromatic carboxylic acids is 1. The minimum atomic E-state index is -0.941. The smallest absolute Gasteiger partial charge is 0.336 e. The Labute approximate surface area is 187 Å². The van der Waals surface area contributed by atoms with Crippen LogP contribution in [0.5, 0.6) is 11.5 Å². The second-order valence-corrected chi connectivity index (χ2v) is 8.24. The molecule has 0 saturated heterocycles. The van der Waals surface area contributed by atoms with Crippen LogP contribution in [0.25, 0.3) is 6.08 Å². The van der Waals surface area contributed by atoms with Crippen molar-refractivity contribution in [2.75, 3.05) is 12.0 Å². The molecule has 0 unspecified atom stereocenters. The number of rotatable bonds is 7. The molecule has 1 aromatic heterocycles. The Balaban J connectivity index is 1.73. The van der Waals surface area contributed by atoms with Crippen LogP contribution in [0.4, 0.5) is 5.69 Å². The summed E-state index contributed by atoms with van der Waals surface area (Å²) in [5.41, 5.74) is 3.44. The molecule has 1 N–H and O–H groups in total. The number of carboxylic acids is 1. The molecule has 1 aliphatic heterocycles. The fourth-order valence-corrected chi connectivity index (χ4v) is 3.86. The Bertz CT molecular complexity index is 1160. The van der Waals surface area contributed by atoms with Crippen LogP contribution in [0.1, 0.15) is 40.9 Å². The van der Waals surface area contributed by atoms with Crippen molar-refractivity contribution in [1.29, 1.82) is 0 Å². The maximum absolute atomic E-state index is 11.7. The average molecular weight is 431 g/mol. The van der Waals surface area contributed by atoms with Gasteiger partial charge < -0.3 is 19.5 Å². The van der Waals surface area contributed by atoms with Crippen LogP contribution in [0.3, 0.4) is 0 Å². The van der Waals surface area contributed by atoms with E-state index < -0.39 is 11.6 Å². The molecule has 2 aromatic carbocycles. The lowest BCUT2D eigenvalue weighted by Crippen LogP contribution is -2.28. The standard InChI is InChI=1S/C26H26N2O4/c1-26(2)13-10-18-8-9-20(23(31-3)24(18)32-26)17-28(21-11-14-27-15-12-21)16-19-6-4-5-7-22(19)25(29)30/h4-15H,16-17H2,1-3H3,(H,29,30). The van der Waals surface area contributed by atoms with Gasteiger partial charge in [0.2, 0.25) is 0 Å². The fraction of sp³-hybridized carbons (Fsp3) is 0.231. The number of methoxy groups -OCH3 is 1. The highest BCUT2D eigenvalue weighted by Crippen LogP contribution is 2.42. The van der Waals surface area contributed by atoms with Gasteiger partial charge in [-0.3, -0.25) is 4.98 Å². The zero-order valence-electron chi connectivity index (χ0n) is 18.4. The summed E-state index contributed by atoms with van der Waals surface area (Å²) in [6.07, 6.45) is 7.54. The van der Waals surface area contributed by atoms with E-state index in [1.807, 2.05) is 56.3 Å². The molecule has 4 rings (SSSR count). The monoisotopic (exact) mass is 430 g/mol. The van der Waals surface area contributed by atoms with Crippen LogP contribution < -0.4 is 14.4 Å². The molecule has 0 atom stereocenters. The van der Waals surface area contributed by atoms with Crippen molar-refractivity contribution in [2.24, 2.45) is 0 Å². The topological polar surface area (TPSA) is 71.9 Å². The van der Waals surface area contributed by atoms with Crippen molar-refractivity contribution in [2.45, 2.75) is 32.5 Å². The van der Waals surface area contributed by atoms with Crippen LogP contribution in [0.2, 0.25) is 0 Å². The van der Waals surface area contributed by atoms with Gasteiger partial charge in [-0.25, -0.2) is 4.79 Å². The fourth-order valence-electron chi connectivity index (χ4n) is 3.86. The quantitative estimate of drug-likeness (QED) is 0.557. The summed E-state index contributed by atoms with van der Waals surface area (Å²) in [6, 6.07) is 14.9. The van der Waals surface area contributed by atoms with Crippen molar-refractivity contribution in [3.8, 4) is 11.5 Å². The van der Waals surface area contributed by atoms with Gasteiger partial charge in [-0.05, 0) is 43.7 Å². The predicted octanol–water partition coefficient (Wildman–Crippen LogP) is 5.18. The van der Waals surface area contributed by atoms with Crippen molar-refractivity contribution < 1.29 is 19.4 Å². The van der Waals surface area contributed by atoms with Crippen LogP contribution >= 0.6 is 0 Å². The maximum Gasteiger partial charge on any atom is 0.336 e. The Kier molecular flexibility index (Phi) is 5.86. The number of ether oxygens (including phenoxy) is 2. The van der Waals surface area contributed by atoms with Gasteiger partial charge in [-0.15, -0.1) is 0 Å². The third-order valence-electron chi connectivity index (χ3n) is 5.46. The molecule has 0 radical (unpaired) electrons. The Hall–Kier alpha value is -3.80. The number of pyridine rings is 1. The molecule has 3 aromatic rings. The largest absolute Gasteiger partial charge is 0.492 e. The van der Waals surface area contributed by atoms with E-state index in [1.54, 1.807) is 31.6 Å². The van der Waals surface area contributed by atoms with Crippen LogP contribution in [-0.4, -0.2) is 28.8 Å². The molecule has 6 heteroatoms. The molecule has 1 aliphatic rings. The first-order valence-electron chi connectivity index (χ1n) is 10.4. The predicted molar refractivity (Wildman–Crippen MR) is 124 cm³/mol. The van der Waals surface area contributed by atoms with Crippen molar-refractivity contribution in [3.05, 3.63) is 89.3 Å². The van der Waals surface area contributed by atoms with E-state index in [9.17, 15) is 9.90 Å². The van der Waals surface area contributed by atoms with Gasteiger partial charge in [0, 0.05) is 42.3 Å². The minimum Gasteiger partial charge on any atom is -0.492 e. The first kappa shape index (κ1) is 21.4.